The van der Waals surface area contributed by atoms with Gasteiger partial charge in [0.1, 0.15) is 0 Å². The van der Waals surface area contributed by atoms with E-state index in [0.29, 0.717) is 0 Å². The third kappa shape index (κ3) is 4.05. The molecule has 0 saturated heterocycles. The minimum Gasteiger partial charge on any atom is -0.306 e. The Hall–Kier alpha value is -0.190. The van der Waals surface area contributed by atoms with Crippen molar-refractivity contribution in [1.82, 2.24) is 0 Å². The first-order chi connectivity index (χ1) is 6.79. The van der Waals surface area contributed by atoms with E-state index in [9.17, 15) is 4.21 Å². The summed E-state index contributed by atoms with van der Waals surface area (Å²) in [7, 11) is 0. The molecule has 0 spiro atoms. The van der Waals surface area contributed by atoms with E-state index in [0.717, 1.165) is 15.6 Å². The Morgan fingerprint density at radius 2 is 1.93 bits per heavy atom. The molecule has 1 aromatic rings. The van der Waals surface area contributed by atoms with Gasteiger partial charge in [0.05, 0.1) is 5.75 Å². The summed E-state index contributed by atoms with van der Waals surface area (Å²) in [6, 6.07) is 5.91. The molecule has 84 valence electrons. The van der Waals surface area contributed by atoms with Crippen LogP contribution in [0.2, 0.25) is 0 Å². The van der Waals surface area contributed by atoms with Gasteiger partial charge < -0.3 is 4.55 Å². The summed E-state index contributed by atoms with van der Waals surface area (Å²) in [6.45, 7) is 6.36. The Balaban J connectivity index is 3.11. The average Bonchev–Trinajstić information content (AvgIpc) is 1.99. The quantitative estimate of drug-likeness (QED) is 0.847. The maximum Gasteiger partial charge on any atom is 0.157 e. The minimum atomic E-state index is -1.78. The van der Waals surface area contributed by atoms with E-state index >= 15 is 0 Å². The first kappa shape index (κ1) is 12.9. The molecule has 1 unspecified atom stereocenters. The molecule has 4 heteroatoms. The van der Waals surface area contributed by atoms with Gasteiger partial charge in [-0.25, -0.2) is 4.21 Å². The molecule has 0 heterocycles. The van der Waals surface area contributed by atoms with E-state index in [1.807, 2.05) is 18.2 Å². The van der Waals surface area contributed by atoms with Gasteiger partial charge in [-0.3, -0.25) is 0 Å². The van der Waals surface area contributed by atoms with Gasteiger partial charge in [-0.1, -0.05) is 42.8 Å². The largest absolute Gasteiger partial charge is 0.306 e. The van der Waals surface area contributed by atoms with Crippen LogP contribution in [0, 0.1) is 0 Å². The molecule has 1 rings (SSSR count). The van der Waals surface area contributed by atoms with Crippen molar-refractivity contribution in [3.8, 4) is 0 Å². The number of halogens is 1. The fourth-order valence-electron chi connectivity index (χ4n) is 1.31. The van der Waals surface area contributed by atoms with Gasteiger partial charge in [-0.05, 0) is 28.7 Å². The van der Waals surface area contributed by atoms with Crippen molar-refractivity contribution >= 4 is 27.0 Å². The van der Waals surface area contributed by atoms with Crippen molar-refractivity contribution < 1.29 is 8.76 Å². The number of benzene rings is 1. The summed E-state index contributed by atoms with van der Waals surface area (Å²) < 4.78 is 20.5. The first-order valence-corrected chi connectivity index (χ1v) is 6.73. The second kappa shape index (κ2) is 4.76. The molecule has 1 aromatic carbocycles. The van der Waals surface area contributed by atoms with E-state index < -0.39 is 11.1 Å². The van der Waals surface area contributed by atoms with Crippen LogP contribution >= 0.6 is 15.9 Å². The van der Waals surface area contributed by atoms with Crippen LogP contribution in [0.5, 0.6) is 0 Å². The summed E-state index contributed by atoms with van der Waals surface area (Å²) in [5.74, 6) is 0.183. The molecule has 0 fully saturated rings. The molecule has 0 bridgehead atoms. The molecule has 0 aromatic heterocycles. The molecular formula is C11H15BrO2S. The fourth-order valence-corrected chi connectivity index (χ4v) is 2.30. The van der Waals surface area contributed by atoms with E-state index in [4.69, 9.17) is 4.55 Å². The standard InChI is InChI=1S/C11H15BrO2S/c1-11(2,3)9-4-8(7-15(13)14)5-10(12)6-9/h4-6H,7H2,1-3H3,(H,13,14). The summed E-state index contributed by atoms with van der Waals surface area (Å²) in [6.07, 6.45) is 0. The van der Waals surface area contributed by atoms with Crippen LogP contribution in [-0.4, -0.2) is 8.76 Å². The molecule has 15 heavy (non-hydrogen) atoms. The van der Waals surface area contributed by atoms with Gasteiger partial charge in [0.25, 0.3) is 0 Å². The van der Waals surface area contributed by atoms with Crippen LogP contribution in [0.3, 0.4) is 0 Å². The lowest BCUT2D eigenvalue weighted by Gasteiger charge is -2.20. The number of hydrogen-bond donors (Lipinski definition) is 1. The van der Waals surface area contributed by atoms with Crippen LogP contribution in [0.4, 0.5) is 0 Å². The predicted molar refractivity (Wildman–Crippen MR) is 67.3 cm³/mol. The molecule has 0 aliphatic heterocycles. The van der Waals surface area contributed by atoms with Gasteiger partial charge in [0.2, 0.25) is 0 Å². The third-order valence-corrected chi connectivity index (χ3v) is 3.15. The van der Waals surface area contributed by atoms with Crippen LogP contribution in [0.1, 0.15) is 31.9 Å². The predicted octanol–water partition coefficient (Wildman–Crippen LogP) is 3.47. The highest BCUT2D eigenvalue weighted by Gasteiger charge is 2.15. The maximum absolute atomic E-state index is 10.7. The topological polar surface area (TPSA) is 37.3 Å². The lowest BCUT2D eigenvalue weighted by atomic mass is 9.86. The molecule has 1 atom stereocenters. The zero-order valence-electron chi connectivity index (χ0n) is 9.08. The minimum absolute atomic E-state index is 0.0511. The van der Waals surface area contributed by atoms with Crippen LogP contribution in [0.15, 0.2) is 22.7 Å². The normalized spacial score (nSPS) is 13.9. The average molecular weight is 291 g/mol. The van der Waals surface area contributed by atoms with Crippen LogP contribution in [-0.2, 0) is 22.2 Å². The summed E-state index contributed by atoms with van der Waals surface area (Å²) in [5.41, 5.74) is 2.10. The Bertz CT molecular complexity index is 383. The van der Waals surface area contributed by atoms with Gasteiger partial charge in [-0.2, -0.15) is 0 Å². The summed E-state index contributed by atoms with van der Waals surface area (Å²) in [4.78, 5) is 0. The van der Waals surface area contributed by atoms with Crippen molar-refractivity contribution in [1.29, 1.82) is 0 Å². The van der Waals surface area contributed by atoms with Crippen molar-refractivity contribution in [3.63, 3.8) is 0 Å². The van der Waals surface area contributed by atoms with Crippen molar-refractivity contribution in [2.75, 3.05) is 0 Å². The molecule has 0 aliphatic carbocycles. The Morgan fingerprint density at radius 1 is 1.33 bits per heavy atom. The van der Waals surface area contributed by atoms with Crippen LogP contribution < -0.4 is 0 Å². The lowest BCUT2D eigenvalue weighted by Crippen LogP contribution is -2.11. The van der Waals surface area contributed by atoms with Gasteiger partial charge in [-0.15, -0.1) is 0 Å². The zero-order valence-corrected chi connectivity index (χ0v) is 11.5. The summed E-state index contributed by atoms with van der Waals surface area (Å²) >= 11 is 1.63. The highest BCUT2D eigenvalue weighted by molar-refractivity contribution is 9.10. The number of hydrogen-bond acceptors (Lipinski definition) is 1. The highest BCUT2D eigenvalue weighted by Crippen LogP contribution is 2.27. The molecule has 1 N–H and O–H groups in total. The smallest absolute Gasteiger partial charge is 0.157 e. The lowest BCUT2D eigenvalue weighted by molar-refractivity contribution is 0.562. The van der Waals surface area contributed by atoms with Crippen LogP contribution in [0.25, 0.3) is 0 Å². The second-order valence-corrected chi connectivity index (χ2v) is 6.41. The zero-order chi connectivity index (χ0) is 11.6. The molecule has 0 radical (unpaired) electrons. The van der Waals surface area contributed by atoms with E-state index in [1.54, 1.807) is 0 Å². The van der Waals surface area contributed by atoms with E-state index in [2.05, 4.69) is 36.7 Å². The Morgan fingerprint density at radius 3 is 2.40 bits per heavy atom. The molecule has 0 aliphatic rings. The SMILES string of the molecule is CC(C)(C)c1cc(Br)cc(CS(=O)O)c1. The van der Waals surface area contributed by atoms with Crippen molar-refractivity contribution in [3.05, 3.63) is 33.8 Å². The monoisotopic (exact) mass is 290 g/mol. The van der Waals surface area contributed by atoms with Crippen molar-refractivity contribution in [2.24, 2.45) is 0 Å². The number of rotatable bonds is 2. The molecule has 2 nitrogen and oxygen atoms in total. The summed E-state index contributed by atoms with van der Waals surface area (Å²) in [5, 5.41) is 0. The molecule has 0 saturated carbocycles. The van der Waals surface area contributed by atoms with Gasteiger partial charge in [0.15, 0.2) is 11.1 Å². The maximum atomic E-state index is 10.7. The first-order valence-electron chi connectivity index (χ1n) is 4.66. The van der Waals surface area contributed by atoms with E-state index in [1.165, 1.54) is 0 Å². The fraction of sp³-hybridized carbons (Fsp3) is 0.455. The Kier molecular flexibility index (Phi) is 4.09. The third-order valence-electron chi connectivity index (χ3n) is 2.11. The second-order valence-electron chi connectivity index (χ2n) is 4.56. The molecular weight excluding hydrogens is 276 g/mol. The molecule has 0 amide bonds. The van der Waals surface area contributed by atoms with Gasteiger partial charge >= 0.3 is 0 Å². The van der Waals surface area contributed by atoms with Gasteiger partial charge in [0, 0.05) is 4.47 Å². The van der Waals surface area contributed by atoms with Crippen molar-refractivity contribution in [2.45, 2.75) is 31.9 Å². The Labute approximate surface area is 102 Å². The highest BCUT2D eigenvalue weighted by atomic mass is 79.9. The van der Waals surface area contributed by atoms with E-state index in [-0.39, 0.29) is 11.2 Å².